The molecule has 1 aromatic carbocycles. The number of ether oxygens (including phenoxy) is 1. The van der Waals surface area contributed by atoms with Crippen molar-refractivity contribution in [2.24, 2.45) is 11.3 Å². The number of hydrogen-bond donors (Lipinski definition) is 1. The molecule has 108 valence electrons. The Morgan fingerprint density at radius 1 is 1.25 bits per heavy atom. The van der Waals surface area contributed by atoms with Crippen molar-refractivity contribution < 1.29 is 4.74 Å². The first kappa shape index (κ1) is 14.9. The summed E-state index contributed by atoms with van der Waals surface area (Å²) in [6.45, 7) is 7.14. The lowest BCUT2D eigenvalue weighted by Crippen LogP contribution is -2.28. The zero-order valence-electron chi connectivity index (χ0n) is 12.2. The van der Waals surface area contributed by atoms with E-state index in [9.17, 15) is 0 Å². The highest BCUT2D eigenvalue weighted by Gasteiger charge is 2.24. The average Bonchev–Trinajstić information content (AvgIpc) is 2.88. The first-order chi connectivity index (χ1) is 9.50. The second kappa shape index (κ2) is 6.31. The van der Waals surface area contributed by atoms with Gasteiger partial charge in [-0.25, -0.2) is 4.68 Å². The van der Waals surface area contributed by atoms with Crippen LogP contribution in [-0.2, 0) is 0 Å². The van der Waals surface area contributed by atoms with Crippen LogP contribution >= 0.6 is 12.6 Å². The molecule has 0 fully saturated rings. The Morgan fingerprint density at radius 2 is 1.95 bits per heavy atom. The number of rotatable bonds is 5. The normalized spacial score (nSPS) is 13.2. The van der Waals surface area contributed by atoms with Crippen LogP contribution < -0.4 is 4.74 Å². The lowest BCUT2D eigenvalue weighted by atomic mass is 9.82. The molecule has 20 heavy (non-hydrogen) atoms. The fraction of sp³-hybridized carbons (Fsp3) is 0.467. The van der Waals surface area contributed by atoms with Gasteiger partial charge in [0.05, 0.1) is 12.3 Å². The summed E-state index contributed by atoms with van der Waals surface area (Å²) in [5, 5.41) is 4.33. The van der Waals surface area contributed by atoms with E-state index in [1.807, 2.05) is 30.3 Å². The highest BCUT2D eigenvalue weighted by atomic mass is 32.1. The molecule has 1 atom stereocenters. The molecular weight excluding hydrogens is 270 g/mol. The highest BCUT2D eigenvalue weighted by molar-refractivity contribution is 7.80. The van der Waals surface area contributed by atoms with Crippen LogP contribution in [0.15, 0.2) is 36.7 Å². The summed E-state index contributed by atoms with van der Waals surface area (Å²) in [5.41, 5.74) is 1.13. The standard InChI is InChI=1S/C15H21N3OS/c1-15(2,3)12(10-20)9-19-14-16-11-18(17-14)13-7-5-4-6-8-13/h4-8,11-12,20H,9-10H2,1-3H3. The first-order valence-corrected chi connectivity index (χ1v) is 7.34. The van der Waals surface area contributed by atoms with E-state index in [1.54, 1.807) is 11.0 Å². The van der Waals surface area contributed by atoms with Crippen molar-refractivity contribution >= 4 is 12.6 Å². The van der Waals surface area contributed by atoms with Gasteiger partial charge in [-0.3, -0.25) is 0 Å². The zero-order valence-corrected chi connectivity index (χ0v) is 13.0. The second-order valence-electron chi connectivity index (χ2n) is 5.86. The molecule has 0 saturated heterocycles. The quantitative estimate of drug-likeness (QED) is 0.860. The number of para-hydroxylation sites is 1. The van der Waals surface area contributed by atoms with Crippen molar-refractivity contribution in [3.8, 4) is 11.7 Å². The fourth-order valence-corrected chi connectivity index (χ4v) is 2.42. The Labute approximate surface area is 125 Å². The van der Waals surface area contributed by atoms with E-state index in [1.165, 1.54) is 0 Å². The maximum atomic E-state index is 5.70. The maximum absolute atomic E-state index is 5.70. The minimum atomic E-state index is 0.156. The molecule has 0 aliphatic carbocycles. The van der Waals surface area contributed by atoms with Crippen LogP contribution in [0.25, 0.3) is 5.69 Å². The van der Waals surface area contributed by atoms with Gasteiger partial charge in [0.15, 0.2) is 0 Å². The summed E-state index contributed by atoms with van der Waals surface area (Å²) in [6.07, 6.45) is 1.66. The largest absolute Gasteiger partial charge is 0.462 e. The Balaban J connectivity index is 2.00. The van der Waals surface area contributed by atoms with Gasteiger partial charge < -0.3 is 4.74 Å². The van der Waals surface area contributed by atoms with Crippen molar-refractivity contribution in [1.29, 1.82) is 0 Å². The molecule has 0 saturated carbocycles. The molecule has 1 aromatic heterocycles. The molecule has 5 heteroatoms. The molecule has 0 aliphatic heterocycles. The van der Waals surface area contributed by atoms with Gasteiger partial charge in [0, 0.05) is 5.92 Å². The smallest absolute Gasteiger partial charge is 0.335 e. The van der Waals surface area contributed by atoms with Crippen LogP contribution in [0.2, 0.25) is 0 Å². The third kappa shape index (κ3) is 3.76. The van der Waals surface area contributed by atoms with E-state index in [2.05, 4.69) is 43.5 Å². The molecular formula is C15H21N3OS. The van der Waals surface area contributed by atoms with E-state index in [4.69, 9.17) is 4.74 Å². The molecule has 0 aliphatic rings. The summed E-state index contributed by atoms with van der Waals surface area (Å²) in [7, 11) is 0. The van der Waals surface area contributed by atoms with Crippen LogP contribution in [0.1, 0.15) is 20.8 Å². The van der Waals surface area contributed by atoms with Crippen molar-refractivity contribution in [3.05, 3.63) is 36.7 Å². The van der Waals surface area contributed by atoms with E-state index >= 15 is 0 Å². The third-order valence-corrected chi connectivity index (χ3v) is 3.79. The molecule has 2 aromatic rings. The van der Waals surface area contributed by atoms with Crippen molar-refractivity contribution in [1.82, 2.24) is 14.8 Å². The minimum absolute atomic E-state index is 0.156. The van der Waals surface area contributed by atoms with Gasteiger partial charge in [-0.1, -0.05) is 39.0 Å². The summed E-state index contributed by atoms with van der Waals surface area (Å²) < 4.78 is 7.41. The van der Waals surface area contributed by atoms with Gasteiger partial charge in [0.2, 0.25) is 0 Å². The maximum Gasteiger partial charge on any atom is 0.335 e. The predicted octanol–water partition coefficient (Wildman–Crippen LogP) is 3.24. The van der Waals surface area contributed by atoms with Crippen LogP contribution in [0.4, 0.5) is 0 Å². The summed E-state index contributed by atoms with van der Waals surface area (Å²) in [6, 6.07) is 10.3. The van der Waals surface area contributed by atoms with Crippen LogP contribution in [-0.4, -0.2) is 27.1 Å². The average molecular weight is 291 g/mol. The van der Waals surface area contributed by atoms with Crippen LogP contribution in [0, 0.1) is 11.3 Å². The van der Waals surface area contributed by atoms with Gasteiger partial charge >= 0.3 is 6.01 Å². The van der Waals surface area contributed by atoms with E-state index in [-0.39, 0.29) is 5.41 Å². The lowest BCUT2D eigenvalue weighted by Gasteiger charge is -2.28. The summed E-state index contributed by atoms with van der Waals surface area (Å²) >= 11 is 4.39. The zero-order chi connectivity index (χ0) is 14.6. The Hall–Kier alpha value is -1.49. The van der Waals surface area contributed by atoms with E-state index < -0.39 is 0 Å². The number of thiol groups is 1. The molecule has 4 nitrogen and oxygen atoms in total. The Kier molecular flexibility index (Phi) is 4.70. The van der Waals surface area contributed by atoms with E-state index in [0.717, 1.165) is 11.4 Å². The van der Waals surface area contributed by atoms with Crippen LogP contribution in [0.5, 0.6) is 6.01 Å². The Morgan fingerprint density at radius 3 is 2.55 bits per heavy atom. The van der Waals surface area contributed by atoms with Gasteiger partial charge in [0.25, 0.3) is 0 Å². The number of benzene rings is 1. The molecule has 0 N–H and O–H groups in total. The van der Waals surface area contributed by atoms with Gasteiger partial charge in [-0.05, 0) is 23.3 Å². The molecule has 2 rings (SSSR count). The molecule has 0 radical (unpaired) electrons. The second-order valence-corrected chi connectivity index (χ2v) is 6.23. The molecule has 0 amide bonds. The molecule has 1 heterocycles. The fourth-order valence-electron chi connectivity index (χ4n) is 1.77. The van der Waals surface area contributed by atoms with Crippen molar-refractivity contribution in [2.75, 3.05) is 12.4 Å². The molecule has 0 bridgehead atoms. The topological polar surface area (TPSA) is 39.9 Å². The SMILES string of the molecule is CC(C)(C)C(CS)COc1ncn(-c2ccccc2)n1. The number of aromatic nitrogens is 3. The molecule has 0 spiro atoms. The van der Waals surface area contributed by atoms with Gasteiger partial charge in [-0.2, -0.15) is 17.6 Å². The van der Waals surface area contributed by atoms with E-state index in [0.29, 0.717) is 18.5 Å². The van der Waals surface area contributed by atoms with Crippen LogP contribution in [0.3, 0.4) is 0 Å². The predicted molar refractivity (Wildman–Crippen MR) is 83.7 cm³/mol. The minimum Gasteiger partial charge on any atom is -0.462 e. The number of nitrogens with zero attached hydrogens (tertiary/aromatic N) is 3. The summed E-state index contributed by atoms with van der Waals surface area (Å²) in [5.74, 6) is 1.14. The monoisotopic (exact) mass is 291 g/mol. The first-order valence-electron chi connectivity index (χ1n) is 6.71. The highest BCUT2D eigenvalue weighted by Crippen LogP contribution is 2.27. The number of hydrogen-bond acceptors (Lipinski definition) is 4. The van der Waals surface area contributed by atoms with Crippen molar-refractivity contribution in [3.63, 3.8) is 0 Å². The van der Waals surface area contributed by atoms with Crippen molar-refractivity contribution in [2.45, 2.75) is 20.8 Å². The van der Waals surface area contributed by atoms with Gasteiger partial charge in [0.1, 0.15) is 6.33 Å². The lowest BCUT2D eigenvalue weighted by molar-refractivity contribution is 0.157. The third-order valence-electron chi connectivity index (χ3n) is 3.35. The Bertz CT molecular complexity index is 534. The van der Waals surface area contributed by atoms with Gasteiger partial charge in [-0.15, -0.1) is 5.10 Å². The molecule has 1 unspecified atom stereocenters. The summed E-state index contributed by atoms with van der Waals surface area (Å²) in [4.78, 5) is 4.19.